The summed E-state index contributed by atoms with van der Waals surface area (Å²) < 4.78 is 0. The number of hydrogen-bond donors (Lipinski definition) is 1. The van der Waals surface area contributed by atoms with Crippen molar-refractivity contribution in [3.05, 3.63) is 35.2 Å². The SMILES string of the molecule is C=C(CN1CC2(CCCCC2)N(CCCC)C1=O)NC1=C(C(C)C)CCC=C1C. The number of nitrogens with zero attached hydrogens (tertiary/aromatic N) is 2. The molecule has 0 atom stereocenters. The third-order valence-electron chi connectivity index (χ3n) is 7.04. The summed E-state index contributed by atoms with van der Waals surface area (Å²) in [7, 11) is 0. The number of rotatable bonds is 8. The van der Waals surface area contributed by atoms with Crippen molar-refractivity contribution in [3.63, 3.8) is 0 Å². The Bertz CT molecular complexity index is 682. The zero-order chi connectivity index (χ0) is 21.0. The van der Waals surface area contributed by atoms with Gasteiger partial charge in [-0.1, -0.05) is 59.1 Å². The molecule has 1 spiro atoms. The first-order valence-corrected chi connectivity index (χ1v) is 11.8. The monoisotopic (exact) mass is 399 g/mol. The quantitative estimate of drug-likeness (QED) is 0.545. The zero-order valence-corrected chi connectivity index (χ0v) is 19.1. The maximum absolute atomic E-state index is 13.3. The molecule has 4 nitrogen and oxygen atoms in total. The van der Waals surface area contributed by atoms with E-state index in [4.69, 9.17) is 0 Å². The van der Waals surface area contributed by atoms with Crippen molar-refractivity contribution in [2.75, 3.05) is 19.6 Å². The van der Waals surface area contributed by atoms with Gasteiger partial charge in [-0.3, -0.25) is 0 Å². The highest BCUT2D eigenvalue weighted by Crippen LogP contribution is 2.40. The number of unbranched alkanes of at least 4 members (excludes halogenated alkanes) is 1. The van der Waals surface area contributed by atoms with Crippen LogP contribution in [0.2, 0.25) is 0 Å². The van der Waals surface area contributed by atoms with Crippen molar-refractivity contribution in [3.8, 4) is 0 Å². The average Bonchev–Trinajstić information content (AvgIpc) is 2.92. The Kier molecular flexibility index (Phi) is 7.13. The summed E-state index contributed by atoms with van der Waals surface area (Å²) in [5, 5.41) is 3.60. The molecule has 1 aliphatic heterocycles. The van der Waals surface area contributed by atoms with E-state index in [9.17, 15) is 4.79 Å². The van der Waals surface area contributed by atoms with Crippen LogP contribution in [0.5, 0.6) is 0 Å². The van der Waals surface area contributed by atoms with E-state index in [0.717, 1.165) is 57.3 Å². The topological polar surface area (TPSA) is 35.6 Å². The Hall–Kier alpha value is -1.71. The van der Waals surface area contributed by atoms with Gasteiger partial charge in [0, 0.05) is 24.5 Å². The second kappa shape index (κ2) is 9.40. The lowest BCUT2D eigenvalue weighted by atomic mass is 9.81. The fraction of sp³-hybridized carbons (Fsp3) is 0.720. The van der Waals surface area contributed by atoms with E-state index in [-0.39, 0.29) is 11.6 Å². The molecule has 1 saturated heterocycles. The van der Waals surface area contributed by atoms with E-state index in [1.807, 2.05) is 4.90 Å². The lowest BCUT2D eigenvalue weighted by Crippen LogP contribution is -2.48. The predicted octanol–water partition coefficient (Wildman–Crippen LogP) is 5.98. The van der Waals surface area contributed by atoms with E-state index in [1.165, 1.54) is 36.1 Å². The normalized spacial score (nSPS) is 22.0. The third-order valence-corrected chi connectivity index (χ3v) is 7.04. The molecule has 0 aromatic heterocycles. The van der Waals surface area contributed by atoms with Gasteiger partial charge in [0.25, 0.3) is 0 Å². The highest BCUT2D eigenvalue weighted by molar-refractivity contribution is 5.78. The van der Waals surface area contributed by atoms with Gasteiger partial charge in [0.15, 0.2) is 0 Å². The summed E-state index contributed by atoms with van der Waals surface area (Å²) in [6.45, 7) is 15.6. The molecule has 1 heterocycles. The summed E-state index contributed by atoms with van der Waals surface area (Å²) in [5.74, 6) is 0.525. The largest absolute Gasteiger partial charge is 0.358 e. The van der Waals surface area contributed by atoms with Gasteiger partial charge in [-0.05, 0) is 56.1 Å². The van der Waals surface area contributed by atoms with Crippen molar-refractivity contribution < 1.29 is 4.79 Å². The third kappa shape index (κ3) is 4.73. The molecular formula is C25H41N3O. The van der Waals surface area contributed by atoms with Gasteiger partial charge in [-0.25, -0.2) is 4.79 Å². The maximum atomic E-state index is 13.3. The fourth-order valence-electron chi connectivity index (χ4n) is 5.42. The van der Waals surface area contributed by atoms with Crippen LogP contribution in [0.15, 0.2) is 35.2 Å². The Morgan fingerprint density at radius 2 is 2.00 bits per heavy atom. The summed E-state index contributed by atoms with van der Waals surface area (Å²) in [6.07, 6.45) is 12.9. The van der Waals surface area contributed by atoms with Gasteiger partial charge in [0.05, 0.1) is 12.1 Å². The molecule has 2 amide bonds. The smallest absolute Gasteiger partial charge is 0.320 e. The first-order valence-electron chi connectivity index (χ1n) is 11.8. The Morgan fingerprint density at radius 3 is 2.66 bits per heavy atom. The van der Waals surface area contributed by atoms with Crippen LogP contribution < -0.4 is 5.32 Å². The molecule has 3 aliphatic rings. The average molecular weight is 400 g/mol. The number of carbonyl (C=O) groups excluding carboxylic acids is 1. The zero-order valence-electron chi connectivity index (χ0n) is 19.1. The molecule has 3 rings (SSSR count). The van der Waals surface area contributed by atoms with Gasteiger partial charge < -0.3 is 15.1 Å². The van der Waals surface area contributed by atoms with Crippen LogP contribution in [-0.2, 0) is 0 Å². The minimum Gasteiger partial charge on any atom is -0.358 e. The van der Waals surface area contributed by atoms with Crippen LogP contribution >= 0.6 is 0 Å². The van der Waals surface area contributed by atoms with Crippen molar-refractivity contribution >= 4 is 6.03 Å². The summed E-state index contributed by atoms with van der Waals surface area (Å²) >= 11 is 0. The molecule has 0 aromatic rings. The van der Waals surface area contributed by atoms with Crippen molar-refractivity contribution in [1.29, 1.82) is 0 Å². The molecule has 1 N–H and O–H groups in total. The second-order valence-corrected chi connectivity index (χ2v) is 9.64. The fourth-order valence-corrected chi connectivity index (χ4v) is 5.42. The number of nitrogens with one attached hydrogen (secondary N) is 1. The van der Waals surface area contributed by atoms with E-state index < -0.39 is 0 Å². The van der Waals surface area contributed by atoms with Gasteiger partial charge in [0.2, 0.25) is 0 Å². The molecule has 162 valence electrons. The van der Waals surface area contributed by atoms with E-state index in [2.05, 4.69) is 50.6 Å². The van der Waals surface area contributed by atoms with Crippen molar-refractivity contribution in [2.24, 2.45) is 5.92 Å². The second-order valence-electron chi connectivity index (χ2n) is 9.64. The maximum Gasteiger partial charge on any atom is 0.320 e. The minimum absolute atomic E-state index is 0.0633. The van der Waals surface area contributed by atoms with E-state index in [1.54, 1.807) is 0 Å². The Balaban J connectivity index is 1.71. The predicted molar refractivity (Wildman–Crippen MR) is 122 cm³/mol. The van der Waals surface area contributed by atoms with Crippen molar-refractivity contribution in [2.45, 2.75) is 91.0 Å². The molecule has 2 fully saturated rings. The molecule has 29 heavy (non-hydrogen) atoms. The number of carbonyl (C=O) groups is 1. The van der Waals surface area contributed by atoms with Crippen LogP contribution in [0.4, 0.5) is 4.79 Å². The van der Waals surface area contributed by atoms with Gasteiger partial charge >= 0.3 is 6.03 Å². The standard InChI is InChI=1S/C25H41N3O/c1-6-7-16-28-24(29)27(18-25(28)14-9-8-10-15-25)17-21(5)26-23-20(4)12-11-13-22(23)19(2)3/h12,19,26H,5-11,13-18H2,1-4H3. The number of amides is 2. The lowest BCUT2D eigenvalue weighted by Gasteiger charge is -2.40. The Labute approximate surface area is 178 Å². The summed E-state index contributed by atoms with van der Waals surface area (Å²) in [5.41, 5.74) is 5.02. The van der Waals surface area contributed by atoms with Crippen molar-refractivity contribution in [1.82, 2.24) is 15.1 Å². The number of urea groups is 1. The van der Waals surface area contributed by atoms with Gasteiger partial charge in [-0.15, -0.1) is 0 Å². The Morgan fingerprint density at radius 1 is 1.28 bits per heavy atom. The molecule has 4 heteroatoms. The molecule has 2 aliphatic carbocycles. The van der Waals surface area contributed by atoms with Crippen LogP contribution in [0.25, 0.3) is 0 Å². The highest BCUT2D eigenvalue weighted by Gasteiger charge is 2.49. The van der Waals surface area contributed by atoms with Gasteiger partial charge in [0.1, 0.15) is 0 Å². The molecule has 0 aromatic carbocycles. The number of hydrogen-bond acceptors (Lipinski definition) is 2. The first-order chi connectivity index (χ1) is 13.9. The minimum atomic E-state index is 0.0633. The lowest BCUT2D eigenvalue weighted by molar-refractivity contribution is 0.118. The van der Waals surface area contributed by atoms with E-state index >= 15 is 0 Å². The first kappa shape index (κ1) is 22.0. The highest BCUT2D eigenvalue weighted by atomic mass is 16.2. The van der Waals surface area contributed by atoms with Crippen LogP contribution in [0, 0.1) is 5.92 Å². The van der Waals surface area contributed by atoms with Crippen LogP contribution in [0.3, 0.4) is 0 Å². The summed E-state index contributed by atoms with van der Waals surface area (Å²) in [4.78, 5) is 17.6. The number of allylic oxidation sites excluding steroid dienone is 3. The molecule has 1 saturated carbocycles. The van der Waals surface area contributed by atoms with E-state index in [0.29, 0.717) is 12.5 Å². The molecule has 0 radical (unpaired) electrons. The summed E-state index contributed by atoms with van der Waals surface area (Å²) in [6, 6.07) is 0.220. The van der Waals surface area contributed by atoms with Gasteiger partial charge in [-0.2, -0.15) is 0 Å². The van der Waals surface area contributed by atoms with Crippen LogP contribution in [0.1, 0.15) is 85.5 Å². The molecule has 0 unspecified atom stereocenters. The molecular weight excluding hydrogens is 358 g/mol. The molecule has 0 bridgehead atoms. The van der Waals surface area contributed by atoms with Crippen LogP contribution in [-0.4, -0.2) is 41.0 Å².